The second-order valence-electron chi connectivity index (χ2n) is 6.99. The number of carbonyl (C=O) groups excluding carboxylic acids is 2. The second kappa shape index (κ2) is 7.95. The Hall–Kier alpha value is -1.95. The number of ether oxygens (including phenoxy) is 1. The van der Waals surface area contributed by atoms with Gasteiger partial charge in [-0.15, -0.1) is 23.4 Å². The summed E-state index contributed by atoms with van der Waals surface area (Å²) >= 11 is 1.44. The molecule has 1 aromatic rings. The molecule has 2 rings (SSSR count). The molecule has 1 fully saturated rings. The molecular weight excluding hydrogens is 338 g/mol. The lowest BCUT2D eigenvalue weighted by atomic mass is 10.0. The van der Waals surface area contributed by atoms with E-state index in [4.69, 9.17) is 9.57 Å². The summed E-state index contributed by atoms with van der Waals surface area (Å²) in [7, 11) is 0. The number of hydrogen-bond donors (Lipinski definition) is 0. The summed E-state index contributed by atoms with van der Waals surface area (Å²) in [6.45, 7) is 9.22. The van der Waals surface area contributed by atoms with Crippen molar-refractivity contribution in [1.29, 1.82) is 0 Å². The van der Waals surface area contributed by atoms with Gasteiger partial charge < -0.3 is 9.57 Å². The topological polar surface area (TPSA) is 55.8 Å². The van der Waals surface area contributed by atoms with Crippen LogP contribution in [0.5, 0.6) is 0 Å². The molecule has 0 aliphatic carbocycles. The third-order valence-electron chi connectivity index (χ3n) is 3.61. The number of unbranched alkanes of at least 4 members (excludes halogenated alkanes) is 1. The maximum atomic E-state index is 12.7. The van der Waals surface area contributed by atoms with E-state index in [0.29, 0.717) is 6.42 Å². The summed E-state index contributed by atoms with van der Waals surface area (Å²) in [5.41, 5.74) is -0.649. The predicted molar refractivity (Wildman–Crippen MR) is 98.1 cm³/mol. The summed E-state index contributed by atoms with van der Waals surface area (Å²) in [5.74, 6) is -0.406. The first-order valence-corrected chi connectivity index (χ1v) is 9.15. The summed E-state index contributed by atoms with van der Waals surface area (Å²) in [4.78, 5) is 31.2. The molecule has 1 amide bonds. The van der Waals surface area contributed by atoms with Gasteiger partial charge in [-0.25, -0.2) is 9.59 Å². The molecular formula is C19H25NO4S. The Morgan fingerprint density at radius 2 is 2.08 bits per heavy atom. The van der Waals surface area contributed by atoms with E-state index in [2.05, 4.69) is 6.58 Å². The molecule has 0 N–H and O–H groups in total. The van der Waals surface area contributed by atoms with E-state index in [9.17, 15) is 9.59 Å². The molecule has 1 atom stereocenters. The molecule has 0 spiro atoms. The molecule has 1 heterocycles. The quantitative estimate of drug-likeness (QED) is 0.547. The Labute approximate surface area is 153 Å². The highest BCUT2D eigenvalue weighted by atomic mass is 32.2. The summed E-state index contributed by atoms with van der Waals surface area (Å²) in [5, 5.41) is 1.04. The van der Waals surface area contributed by atoms with Crippen LogP contribution in [0.25, 0.3) is 0 Å². The number of amides is 1. The number of benzene rings is 1. The van der Waals surface area contributed by atoms with Crippen molar-refractivity contribution < 1.29 is 19.2 Å². The first-order valence-electron chi connectivity index (χ1n) is 8.34. The van der Waals surface area contributed by atoms with Crippen LogP contribution < -0.4 is 0 Å². The minimum atomic E-state index is -0.832. The largest absolute Gasteiger partial charge is 0.443 e. The van der Waals surface area contributed by atoms with Crippen molar-refractivity contribution in [2.75, 3.05) is 6.54 Å². The average molecular weight is 363 g/mol. The van der Waals surface area contributed by atoms with Crippen LogP contribution in [0.3, 0.4) is 0 Å². The zero-order chi connectivity index (χ0) is 18.5. The van der Waals surface area contributed by atoms with Crippen molar-refractivity contribution in [2.24, 2.45) is 0 Å². The Morgan fingerprint density at radius 1 is 1.40 bits per heavy atom. The highest BCUT2D eigenvalue weighted by molar-refractivity contribution is 8.01. The third-order valence-corrected chi connectivity index (χ3v) is 5.01. The molecule has 0 radical (unpaired) electrons. The molecule has 5 nitrogen and oxygen atoms in total. The van der Waals surface area contributed by atoms with Gasteiger partial charge in [0.15, 0.2) is 0 Å². The fourth-order valence-corrected chi connectivity index (χ4v) is 3.77. The van der Waals surface area contributed by atoms with Crippen molar-refractivity contribution in [2.45, 2.75) is 55.3 Å². The van der Waals surface area contributed by atoms with Crippen LogP contribution in [0, 0.1) is 0 Å². The Bertz CT molecular complexity index is 626. The van der Waals surface area contributed by atoms with Crippen LogP contribution in [0.2, 0.25) is 0 Å². The van der Waals surface area contributed by atoms with Crippen molar-refractivity contribution in [3.05, 3.63) is 43.0 Å². The van der Waals surface area contributed by atoms with E-state index < -0.39 is 22.4 Å². The van der Waals surface area contributed by atoms with Crippen LogP contribution >= 0.6 is 11.8 Å². The van der Waals surface area contributed by atoms with Crippen LogP contribution in [-0.2, 0) is 14.4 Å². The van der Waals surface area contributed by atoms with Gasteiger partial charge in [0.25, 0.3) is 0 Å². The lowest BCUT2D eigenvalue weighted by molar-refractivity contribution is -0.166. The average Bonchev–Trinajstić information content (AvgIpc) is 2.84. The molecule has 0 unspecified atom stereocenters. The maximum absolute atomic E-state index is 12.7. The Morgan fingerprint density at radius 3 is 2.68 bits per heavy atom. The minimum absolute atomic E-state index is 0.164. The summed E-state index contributed by atoms with van der Waals surface area (Å²) in [6, 6.07) is 9.67. The molecule has 6 heteroatoms. The predicted octanol–water partition coefficient (Wildman–Crippen LogP) is 4.58. The first-order chi connectivity index (χ1) is 11.8. The highest BCUT2D eigenvalue weighted by Gasteiger charge is 2.51. The van der Waals surface area contributed by atoms with Gasteiger partial charge in [0.05, 0.1) is 6.54 Å². The van der Waals surface area contributed by atoms with Gasteiger partial charge in [-0.3, -0.25) is 0 Å². The molecule has 0 aromatic heterocycles. The molecule has 1 aliphatic rings. The van der Waals surface area contributed by atoms with Gasteiger partial charge in [-0.1, -0.05) is 24.3 Å². The van der Waals surface area contributed by atoms with Crippen LogP contribution in [0.1, 0.15) is 40.0 Å². The lowest BCUT2D eigenvalue weighted by Gasteiger charge is -2.25. The van der Waals surface area contributed by atoms with Crippen molar-refractivity contribution in [3.63, 3.8) is 0 Å². The Kier molecular flexibility index (Phi) is 6.16. The van der Waals surface area contributed by atoms with Crippen LogP contribution in [0.15, 0.2) is 47.9 Å². The van der Waals surface area contributed by atoms with Crippen LogP contribution in [-0.4, -0.2) is 34.0 Å². The molecule has 1 aromatic carbocycles. The molecule has 25 heavy (non-hydrogen) atoms. The molecule has 0 bridgehead atoms. The lowest BCUT2D eigenvalue weighted by Crippen LogP contribution is -2.38. The van der Waals surface area contributed by atoms with E-state index in [-0.39, 0.29) is 6.54 Å². The normalized spacial score (nSPS) is 20.3. The van der Waals surface area contributed by atoms with Crippen LogP contribution in [0.4, 0.5) is 4.79 Å². The second-order valence-corrected chi connectivity index (χ2v) is 8.44. The smallest absolute Gasteiger partial charge is 0.442 e. The number of rotatable bonds is 6. The number of hydroxylamine groups is 2. The number of allylic oxidation sites excluding steroid dienone is 1. The standard InChI is InChI=1S/C19H25NO4S/c1-5-6-10-13-19(25-15-11-8-7-9-12-15)14-20(24-16(19)21)17(22)23-18(2,3)4/h5,7-9,11-12H,1,6,10,13-14H2,2-4H3/t19-/m0/s1. The molecule has 0 saturated carbocycles. The highest BCUT2D eigenvalue weighted by Crippen LogP contribution is 2.42. The molecule has 1 saturated heterocycles. The minimum Gasteiger partial charge on any atom is -0.442 e. The molecule has 136 valence electrons. The molecule has 1 aliphatic heterocycles. The summed E-state index contributed by atoms with van der Waals surface area (Å²) in [6.07, 6.45) is 3.38. The van der Waals surface area contributed by atoms with E-state index in [1.165, 1.54) is 11.8 Å². The van der Waals surface area contributed by atoms with E-state index in [1.807, 2.05) is 36.4 Å². The van der Waals surface area contributed by atoms with Gasteiger partial charge in [0.1, 0.15) is 10.3 Å². The van der Waals surface area contributed by atoms with Gasteiger partial charge in [0, 0.05) is 4.90 Å². The van der Waals surface area contributed by atoms with Gasteiger partial charge in [-0.05, 0) is 52.2 Å². The SMILES string of the molecule is C=CCCC[C@]1(Sc2ccccc2)CN(C(=O)OC(C)(C)C)OC1=O. The fraction of sp³-hybridized carbons (Fsp3) is 0.474. The van der Waals surface area contributed by atoms with E-state index >= 15 is 0 Å². The maximum Gasteiger partial charge on any atom is 0.443 e. The third kappa shape index (κ3) is 5.26. The van der Waals surface area contributed by atoms with Gasteiger partial charge >= 0.3 is 12.1 Å². The number of nitrogens with zero attached hydrogens (tertiary/aromatic N) is 1. The van der Waals surface area contributed by atoms with Crippen molar-refractivity contribution in [1.82, 2.24) is 5.06 Å². The van der Waals surface area contributed by atoms with Gasteiger partial charge in [0.2, 0.25) is 0 Å². The van der Waals surface area contributed by atoms with Crippen molar-refractivity contribution >= 4 is 23.8 Å². The first kappa shape index (κ1) is 19.4. The van der Waals surface area contributed by atoms with Gasteiger partial charge in [-0.2, -0.15) is 0 Å². The Balaban J connectivity index is 2.18. The number of hydrogen-bond acceptors (Lipinski definition) is 5. The fourth-order valence-electron chi connectivity index (χ4n) is 2.48. The monoisotopic (exact) mass is 363 g/mol. The summed E-state index contributed by atoms with van der Waals surface area (Å²) < 4.78 is 4.49. The van der Waals surface area contributed by atoms with E-state index in [1.54, 1.807) is 20.8 Å². The zero-order valence-corrected chi connectivity index (χ0v) is 15.8. The van der Waals surface area contributed by atoms with E-state index in [0.717, 1.165) is 22.8 Å². The zero-order valence-electron chi connectivity index (χ0n) is 15.0. The van der Waals surface area contributed by atoms with Crippen molar-refractivity contribution in [3.8, 4) is 0 Å². The number of thioether (sulfide) groups is 1. The number of carbonyl (C=O) groups is 2.